The molecule has 8 heteroatoms. The lowest BCUT2D eigenvalue weighted by Crippen LogP contribution is -2.56. The van der Waals surface area contributed by atoms with Crippen LogP contribution in [0.5, 0.6) is 0 Å². The van der Waals surface area contributed by atoms with Gasteiger partial charge < -0.3 is 19.9 Å². The van der Waals surface area contributed by atoms with E-state index in [2.05, 4.69) is 51.1 Å². The van der Waals surface area contributed by atoms with E-state index in [0.29, 0.717) is 5.92 Å². The quantitative estimate of drug-likeness (QED) is 0.471. The van der Waals surface area contributed by atoms with Crippen LogP contribution in [-0.2, 0) is 17.7 Å². The van der Waals surface area contributed by atoms with Gasteiger partial charge >= 0.3 is 0 Å². The highest BCUT2D eigenvalue weighted by Gasteiger charge is 2.38. The second kappa shape index (κ2) is 11.6. The Bertz CT molecular complexity index is 646. The minimum absolute atomic E-state index is 0.193. The van der Waals surface area contributed by atoms with Crippen LogP contribution < -0.4 is 10.6 Å². The van der Waals surface area contributed by atoms with Crippen molar-refractivity contribution >= 4 is 5.96 Å². The molecule has 30 heavy (non-hydrogen) atoms. The average Bonchev–Trinajstić information content (AvgIpc) is 3.24. The molecule has 3 rings (SSSR count). The Kier molecular flexibility index (Phi) is 8.93. The summed E-state index contributed by atoms with van der Waals surface area (Å²) in [5, 5.41) is 15.3. The highest BCUT2D eigenvalue weighted by Crippen LogP contribution is 2.34. The molecule has 8 nitrogen and oxygen atoms in total. The molecule has 0 atom stereocenters. The van der Waals surface area contributed by atoms with Gasteiger partial charge in [0.25, 0.3) is 0 Å². The summed E-state index contributed by atoms with van der Waals surface area (Å²) in [7, 11) is 0. The van der Waals surface area contributed by atoms with Gasteiger partial charge in [-0.25, -0.2) is 0 Å². The lowest BCUT2D eigenvalue weighted by atomic mass is 9.80. The maximum absolute atomic E-state index is 5.62. The van der Waals surface area contributed by atoms with E-state index in [1.54, 1.807) is 0 Å². The van der Waals surface area contributed by atoms with Crippen LogP contribution in [0, 0.1) is 5.92 Å². The molecule has 2 aliphatic rings. The van der Waals surface area contributed by atoms with Gasteiger partial charge in [0.05, 0.1) is 19.8 Å². The summed E-state index contributed by atoms with van der Waals surface area (Å²) in [6.07, 6.45) is 9.17. The number of aliphatic imine (C=N–C) groups is 1. The molecular formula is C22H41N7O. The van der Waals surface area contributed by atoms with Crippen molar-refractivity contribution in [3.05, 3.63) is 12.2 Å². The van der Waals surface area contributed by atoms with E-state index < -0.39 is 0 Å². The Hall–Kier alpha value is -1.67. The molecule has 1 aromatic heterocycles. The van der Waals surface area contributed by atoms with Crippen LogP contribution in [0.15, 0.2) is 11.3 Å². The number of nitrogens with one attached hydrogen (secondary N) is 2. The SMILES string of the molecule is CCc1nncn1CCNC(=NCC1(N2CCOCC2)CCCCC1)NCC(C)C. The number of ether oxygens (including phenoxy) is 1. The Morgan fingerprint density at radius 2 is 1.97 bits per heavy atom. The number of rotatable bonds is 9. The molecule has 1 aromatic rings. The number of hydrogen-bond donors (Lipinski definition) is 2. The second-order valence-electron chi connectivity index (χ2n) is 9.04. The fraction of sp³-hybridized carbons (Fsp3) is 0.864. The molecule has 0 radical (unpaired) electrons. The zero-order valence-corrected chi connectivity index (χ0v) is 19.2. The number of hydrogen-bond acceptors (Lipinski definition) is 5. The molecule has 1 aliphatic heterocycles. The summed E-state index contributed by atoms with van der Waals surface area (Å²) in [5.74, 6) is 2.52. The van der Waals surface area contributed by atoms with Gasteiger partial charge in [0.2, 0.25) is 0 Å². The summed E-state index contributed by atoms with van der Waals surface area (Å²) in [6.45, 7) is 13.7. The van der Waals surface area contributed by atoms with Gasteiger partial charge in [-0.05, 0) is 18.8 Å². The van der Waals surface area contributed by atoms with Crippen LogP contribution in [0.1, 0.15) is 58.7 Å². The van der Waals surface area contributed by atoms with Crippen molar-refractivity contribution in [1.82, 2.24) is 30.3 Å². The fourth-order valence-corrected chi connectivity index (χ4v) is 4.56. The van der Waals surface area contributed by atoms with Crippen LogP contribution in [0.3, 0.4) is 0 Å². The van der Waals surface area contributed by atoms with Gasteiger partial charge in [-0.2, -0.15) is 0 Å². The Morgan fingerprint density at radius 1 is 1.20 bits per heavy atom. The van der Waals surface area contributed by atoms with Crippen molar-refractivity contribution in [2.45, 2.75) is 71.4 Å². The maximum Gasteiger partial charge on any atom is 0.191 e. The standard InChI is InChI=1S/C22H41N7O/c1-4-20-27-26-18-28(20)11-10-23-21(24-16-19(2)3)25-17-22(8-6-5-7-9-22)29-12-14-30-15-13-29/h18-19H,4-17H2,1-3H3,(H2,23,24,25). The van der Waals surface area contributed by atoms with E-state index in [-0.39, 0.29) is 5.54 Å². The lowest BCUT2D eigenvalue weighted by molar-refractivity contribution is -0.0333. The largest absolute Gasteiger partial charge is 0.379 e. The summed E-state index contributed by atoms with van der Waals surface area (Å²) >= 11 is 0. The predicted molar refractivity (Wildman–Crippen MR) is 121 cm³/mol. The van der Waals surface area contributed by atoms with E-state index in [4.69, 9.17) is 9.73 Å². The highest BCUT2D eigenvalue weighted by atomic mass is 16.5. The number of morpholine rings is 1. The smallest absolute Gasteiger partial charge is 0.191 e. The van der Waals surface area contributed by atoms with E-state index in [0.717, 1.165) is 70.7 Å². The number of aromatic nitrogens is 3. The van der Waals surface area contributed by atoms with Crippen LogP contribution in [0.4, 0.5) is 0 Å². The summed E-state index contributed by atoms with van der Waals surface area (Å²) in [5.41, 5.74) is 0.193. The molecule has 2 fully saturated rings. The van der Waals surface area contributed by atoms with Gasteiger partial charge in [-0.1, -0.05) is 40.0 Å². The average molecular weight is 420 g/mol. The molecule has 0 unspecified atom stereocenters. The van der Waals surface area contributed by atoms with Crippen LogP contribution in [0.25, 0.3) is 0 Å². The van der Waals surface area contributed by atoms with Crippen molar-refractivity contribution in [2.24, 2.45) is 10.9 Å². The highest BCUT2D eigenvalue weighted by molar-refractivity contribution is 5.79. The molecule has 0 spiro atoms. The molecule has 2 heterocycles. The third kappa shape index (κ3) is 6.41. The van der Waals surface area contributed by atoms with Crippen LogP contribution in [-0.4, -0.2) is 77.1 Å². The fourth-order valence-electron chi connectivity index (χ4n) is 4.56. The van der Waals surface area contributed by atoms with E-state index >= 15 is 0 Å². The van der Waals surface area contributed by atoms with Gasteiger partial charge in [0.15, 0.2) is 5.96 Å². The molecule has 1 saturated carbocycles. The lowest BCUT2D eigenvalue weighted by Gasteiger charge is -2.47. The predicted octanol–water partition coefficient (Wildman–Crippen LogP) is 2.07. The second-order valence-corrected chi connectivity index (χ2v) is 9.04. The summed E-state index contributed by atoms with van der Waals surface area (Å²) in [6, 6.07) is 0. The molecule has 1 saturated heterocycles. The first kappa shape index (κ1) is 23.0. The first-order valence-electron chi connectivity index (χ1n) is 11.8. The molecular weight excluding hydrogens is 378 g/mol. The van der Waals surface area contributed by atoms with Gasteiger partial charge in [0.1, 0.15) is 12.2 Å². The zero-order valence-electron chi connectivity index (χ0n) is 19.2. The molecule has 0 amide bonds. The van der Waals surface area contributed by atoms with Crippen molar-refractivity contribution in [1.29, 1.82) is 0 Å². The molecule has 2 N–H and O–H groups in total. The van der Waals surface area contributed by atoms with Gasteiger partial charge in [-0.15, -0.1) is 10.2 Å². The Balaban J connectivity index is 1.64. The monoisotopic (exact) mass is 419 g/mol. The van der Waals surface area contributed by atoms with Crippen molar-refractivity contribution in [2.75, 3.05) is 45.9 Å². The van der Waals surface area contributed by atoms with Gasteiger partial charge in [0, 0.05) is 44.7 Å². The summed E-state index contributed by atoms with van der Waals surface area (Å²) in [4.78, 5) is 7.76. The minimum atomic E-state index is 0.193. The molecule has 1 aliphatic carbocycles. The number of aryl methyl sites for hydroxylation is 1. The zero-order chi connectivity index (χ0) is 21.2. The number of guanidine groups is 1. The minimum Gasteiger partial charge on any atom is -0.379 e. The topological polar surface area (TPSA) is 79.6 Å². The maximum atomic E-state index is 5.62. The third-order valence-corrected chi connectivity index (χ3v) is 6.33. The van der Waals surface area contributed by atoms with E-state index in [1.165, 1.54) is 32.1 Å². The van der Waals surface area contributed by atoms with Crippen LogP contribution >= 0.6 is 0 Å². The van der Waals surface area contributed by atoms with E-state index in [9.17, 15) is 0 Å². The van der Waals surface area contributed by atoms with Crippen molar-refractivity contribution in [3.63, 3.8) is 0 Å². The Morgan fingerprint density at radius 3 is 2.67 bits per heavy atom. The normalized spacial score (nSPS) is 20.5. The summed E-state index contributed by atoms with van der Waals surface area (Å²) < 4.78 is 7.73. The molecule has 0 bridgehead atoms. The van der Waals surface area contributed by atoms with E-state index in [1.807, 2.05) is 6.33 Å². The molecule has 0 aromatic carbocycles. The van der Waals surface area contributed by atoms with Crippen LogP contribution in [0.2, 0.25) is 0 Å². The number of nitrogens with zero attached hydrogens (tertiary/aromatic N) is 5. The first-order chi connectivity index (χ1) is 14.6. The first-order valence-corrected chi connectivity index (χ1v) is 11.8. The van der Waals surface area contributed by atoms with Crippen molar-refractivity contribution in [3.8, 4) is 0 Å². The van der Waals surface area contributed by atoms with Gasteiger partial charge in [-0.3, -0.25) is 9.89 Å². The Labute approximate surface area is 181 Å². The molecule has 170 valence electrons. The third-order valence-electron chi connectivity index (χ3n) is 6.33. The van der Waals surface area contributed by atoms with Crippen molar-refractivity contribution < 1.29 is 4.74 Å².